The van der Waals surface area contributed by atoms with Gasteiger partial charge in [-0.25, -0.2) is 0 Å². The van der Waals surface area contributed by atoms with Gasteiger partial charge in [0.2, 0.25) is 0 Å². The smallest absolute Gasteiger partial charge is 0.133 e. The summed E-state index contributed by atoms with van der Waals surface area (Å²) in [5.74, 6) is 0.870. The summed E-state index contributed by atoms with van der Waals surface area (Å²) in [5, 5.41) is 11.6. The van der Waals surface area contributed by atoms with E-state index in [1.807, 2.05) is 31.3 Å². The minimum absolute atomic E-state index is 0.327. The van der Waals surface area contributed by atoms with Crippen LogP contribution in [0.3, 0.4) is 0 Å². The minimum atomic E-state index is 0.327. The quantitative estimate of drug-likeness (QED) is 0.718. The number of aryl methyl sites for hydroxylation is 1. The lowest BCUT2D eigenvalue weighted by Crippen LogP contribution is -2.23. The number of nitrogens with one attached hydrogen (secondary N) is 1. The number of aromatic nitrogens is 3. The zero-order valence-electron chi connectivity index (χ0n) is 13.5. The van der Waals surface area contributed by atoms with E-state index in [1.165, 1.54) is 12.0 Å². The Kier molecular flexibility index (Phi) is 4.24. The molecule has 0 spiro atoms. The lowest BCUT2D eigenvalue weighted by atomic mass is 10.1. The highest BCUT2D eigenvalue weighted by Crippen LogP contribution is 2.34. The molecule has 2 aromatic heterocycles. The van der Waals surface area contributed by atoms with Crippen LogP contribution in [0.25, 0.3) is 11.3 Å². The van der Waals surface area contributed by atoms with Crippen molar-refractivity contribution in [3.05, 3.63) is 58.0 Å². The molecule has 0 saturated carbocycles. The van der Waals surface area contributed by atoms with Crippen molar-refractivity contribution in [2.75, 3.05) is 6.54 Å². The topological polar surface area (TPSA) is 58.0 Å². The molecular weight excluding hydrogens is 368 g/mol. The van der Waals surface area contributed by atoms with Gasteiger partial charge in [-0.2, -0.15) is 5.10 Å². The Morgan fingerprint density at radius 2 is 2.29 bits per heavy atom. The first kappa shape index (κ1) is 15.6. The van der Waals surface area contributed by atoms with E-state index in [4.69, 9.17) is 4.52 Å². The summed E-state index contributed by atoms with van der Waals surface area (Å²) in [6.45, 7) is 3.87. The number of likely N-dealkylation sites (tertiary alicyclic amines) is 1. The van der Waals surface area contributed by atoms with Crippen LogP contribution in [0, 0.1) is 6.92 Å². The lowest BCUT2D eigenvalue weighted by molar-refractivity contribution is 0.237. The monoisotopic (exact) mass is 386 g/mol. The van der Waals surface area contributed by atoms with Gasteiger partial charge in [0.05, 0.1) is 17.9 Å². The maximum atomic E-state index is 5.27. The van der Waals surface area contributed by atoms with Crippen molar-refractivity contribution in [3.63, 3.8) is 0 Å². The van der Waals surface area contributed by atoms with Crippen molar-refractivity contribution in [3.8, 4) is 11.3 Å². The van der Waals surface area contributed by atoms with Gasteiger partial charge >= 0.3 is 0 Å². The van der Waals surface area contributed by atoms with E-state index in [9.17, 15) is 0 Å². The van der Waals surface area contributed by atoms with E-state index in [2.05, 4.69) is 48.3 Å². The molecule has 0 unspecified atom stereocenters. The second-order valence-electron chi connectivity index (χ2n) is 6.27. The Bertz CT molecular complexity index is 841. The number of hydrogen-bond acceptors (Lipinski definition) is 4. The van der Waals surface area contributed by atoms with Gasteiger partial charge < -0.3 is 4.52 Å². The highest BCUT2D eigenvalue weighted by Gasteiger charge is 2.29. The predicted octanol–water partition coefficient (Wildman–Crippen LogP) is 4.47. The summed E-state index contributed by atoms with van der Waals surface area (Å²) in [5.41, 5.74) is 4.47. The van der Waals surface area contributed by atoms with Crippen LogP contribution in [0.1, 0.15) is 35.9 Å². The van der Waals surface area contributed by atoms with Crippen molar-refractivity contribution in [2.45, 2.75) is 32.4 Å². The molecule has 1 aliphatic heterocycles. The van der Waals surface area contributed by atoms with Gasteiger partial charge in [0.15, 0.2) is 0 Å². The molecule has 5 nitrogen and oxygen atoms in total. The van der Waals surface area contributed by atoms with Crippen LogP contribution in [0.15, 0.2) is 45.5 Å². The molecule has 3 heterocycles. The molecular formula is C18H19BrN4O. The summed E-state index contributed by atoms with van der Waals surface area (Å²) in [7, 11) is 0. The molecule has 1 fully saturated rings. The number of rotatable bonds is 4. The van der Waals surface area contributed by atoms with Crippen LogP contribution in [0.4, 0.5) is 0 Å². The molecule has 1 N–H and O–H groups in total. The zero-order chi connectivity index (χ0) is 16.5. The van der Waals surface area contributed by atoms with E-state index in [-0.39, 0.29) is 0 Å². The average molecular weight is 387 g/mol. The standard InChI is InChI=1S/C18H19BrN4O/c1-12-8-16(22-24-12)17-6-3-7-23(17)11-14-10-20-21-18(14)13-4-2-5-15(19)9-13/h2,4-5,8-10,17H,3,6-7,11H2,1H3,(H,20,21)/t17-/m0/s1. The molecule has 124 valence electrons. The second kappa shape index (κ2) is 6.53. The number of halogens is 1. The Morgan fingerprint density at radius 3 is 3.08 bits per heavy atom. The first-order valence-electron chi connectivity index (χ1n) is 8.16. The maximum absolute atomic E-state index is 5.27. The van der Waals surface area contributed by atoms with E-state index < -0.39 is 0 Å². The molecule has 3 aromatic rings. The van der Waals surface area contributed by atoms with Crippen molar-refractivity contribution < 1.29 is 4.52 Å². The van der Waals surface area contributed by atoms with Crippen molar-refractivity contribution in [1.82, 2.24) is 20.3 Å². The highest BCUT2D eigenvalue weighted by atomic mass is 79.9. The van der Waals surface area contributed by atoms with Gasteiger partial charge in [-0.1, -0.05) is 33.2 Å². The number of aromatic amines is 1. The van der Waals surface area contributed by atoms with Crippen LogP contribution in [0.5, 0.6) is 0 Å². The number of nitrogens with zero attached hydrogens (tertiary/aromatic N) is 3. The summed E-state index contributed by atoms with van der Waals surface area (Å²) in [4.78, 5) is 2.46. The summed E-state index contributed by atoms with van der Waals surface area (Å²) in [6, 6.07) is 10.7. The normalized spacial score (nSPS) is 18.3. The Hall–Kier alpha value is -1.92. The zero-order valence-corrected chi connectivity index (χ0v) is 15.1. The van der Waals surface area contributed by atoms with Crippen LogP contribution >= 0.6 is 15.9 Å². The Morgan fingerprint density at radius 1 is 1.38 bits per heavy atom. The Labute approximate surface area is 149 Å². The van der Waals surface area contributed by atoms with Crippen LogP contribution < -0.4 is 0 Å². The molecule has 0 amide bonds. The van der Waals surface area contributed by atoms with Crippen molar-refractivity contribution in [2.24, 2.45) is 0 Å². The first-order valence-corrected chi connectivity index (χ1v) is 8.95. The third-order valence-electron chi connectivity index (χ3n) is 4.56. The molecule has 0 radical (unpaired) electrons. The van der Waals surface area contributed by atoms with Crippen LogP contribution in [-0.4, -0.2) is 26.8 Å². The second-order valence-corrected chi connectivity index (χ2v) is 7.19. The predicted molar refractivity (Wildman–Crippen MR) is 95.3 cm³/mol. The van der Waals surface area contributed by atoms with Gasteiger partial charge in [0, 0.05) is 28.2 Å². The molecule has 4 rings (SSSR count). The van der Waals surface area contributed by atoms with Gasteiger partial charge in [-0.15, -0.1) is 0 Å². The summed E-state index contributed by atoms with van der Waals surface area (Å²) in [6.07, 6.45) is 4.23. The fraction of sp³-hybridized carbons (Fsp3) is 0.333. The molecule has 0 aliphatic carbocycles. The Balaban J connectivity index is 1.59. The highest BCUT2D eigenvalue weighted by molar-refractivity contribution is 9.10. The van der Waals surface area contributed by atoms with E-state index in [0.29, 0.717) is 6.04 Å². The van der Waals surface area contributed by atoms with Crippen LogP contribution in [-0.2, 0) is 6.54 Å². The van der Waals surface area contributed by atoms with E-state index in [1.54, 1.807) is 0 Å². The third-order valence-corrected chi connectivity index (χ3v) is 5.05. The van der Waals surface area contributed by atoms with Crippen LogP contribution in [0.2, 0.25) is 0 Å². The fourth-order valence-electron chi connectivity index (χ4n) is 3.44. The van der Waals surface area contributed by atoms with Gasteiger partial charge in [0.1, 0.15) is 11.5 Å². The minimum Gasteiger partial charge on any atom is -0.361 e. The summed E-state index contributed by atoms with van der Waals surface area (Å²) >= 11 is 3.54. The van der Waals surface area contributed by atoms with Gasteiger partial charge in [0.25, 0.3) is 0 Å². The van der Waals surface area contributed by atoms with Crippen molar-refractivity contribution in [1.29, 1.82) is 0 Å². The number of hydrogen-bond donors (Lipinski definition) is 1. The average Bonchev–Trinajstić information content (AvgIpc) is 3.28. The molecule has 24 heavy (non-hydrogen) atoms. The largest absolute Gasteiger partial charge is 0.361 e. The summed E-state index contributed by atoms with van der Waals surface area (Å²) < 4.78 is 6.33. The SMILES string of the molecule is Cc1cc([C@@H]2CCCN2Cc2cn[nH]c2-c2cccc(Br)c2)no1. The third kappa shape index (κ3) is 3.03. The van der Waals surface area contributed by atoms with Crippen molar-refractivity contribution >= 4 is 15.9 Å². The molecule has 1 saturated heterocycles. The molecule has 1 aliphatic rings. The molecule has 1 atom stereocenters. The maximum Gasteiger partial charge on any atom is 0.133 e. The molecule has 6 heteroatoms. The number of benzene rings is 1. The number of H-pyrrole nitrogens is 1. The van der Waals surface area contributed by atoms with Gasteiger partial charge in [-0.3, -0.25) is 10.00 Å². The first-order chi connectivity index (χ1) is 11.7. The molecule has 1 aromatic carbocycles. The van der Waals surface area contributed by atoms with Gasteiger partial charge in [-0.05, 0) is 38.4 Å². The fourth-order valence-corrected chi connectivity index (χ4v) is 3.84. The molecule has 0 bridgehead atoms. The lowest BCUT2D eigenvalue weighted by Gasteiger charge is -2.22. The van der Waals surface area contributed by atoms with E-state index >= 15 is 0 Å². The van der Waals surface area contributed by atoms with E-state index in [0.717, 1.165) is 46.7 Å².